The molecular weight excluding hydrogens is 358 g/mol. The van der Waals surface area contributed by atoms with Crippen LogP contribution in [0, 0.1) is 0 Å². The number of benzene rings is 2. The molecule has 1 unspecified atom stereocenters. The van der Waals surface area contributed by atoms with Gasteiger partial charge in [0.1, 0.15) is 11.5 Å². The van der Waals surface area contributed by atoms with Crippen LogP contribution in [-0.4, -0.2) is 21.9 Å². The summed E-state index contributed by atoms with van der Waals surface area (Å²) in [5.41, 5.74) is 1.17. The molecule has 0 aliphatic rings. The fourth-order valence-electron chi connectivity index (χ4n) is 2.67. The molecule has 6 heteroatoms. The molecule has 0 saturated carbocycles. The van der Waals surface area contributed by atoms with Crippen molar-refractivity contribution in [3.8, 4) is 11.5 Å². The van der Waals surface area contributed by atoms with Gasteiger partial charge in [-0.05, 0) is 36.8 Å². The van der Waals surface area contributed by atoms with Crippen LogP contribution in [0.1, 0.15) is 24.4 Å². The fourth-order valence-corrected chi connectivity index (χ4v) is 3.57. The normalized spacial score (nSPS) is 11.8. The topological polar surface area (TPSA) is 49.2 Å². The second kappa shape index (κ2) is 9.28. The zero-order chi connectivity index (χ0) is 19.1. The van der Waals surface area contributed by atoms with Gasteiger partial charge in [0.2, 0.25) is 0 Å². The number of allylic oxidation sites excluding steroid dienone is 1. The van der Waals surface area contributed by atoms with E-state index in [0.717, 1.165) is 28.2 Å². The van der Waals surface area contributed by atoms with Gasteiger partial charge in [-0.15, -0.1) is 16.8 Å². The van der Waals surface area contributed by atoms with Gasteiger partial charge in [0.05, 0.1) is 7.11 Å². The lowest BCUT2D eigenvalue weighted by atomic mass is 10.2. The zero-order valence-electron chi connectivity index (χ0n) is 15.5. The Labute approximate surface area is 164 Å². The molecule has 0 aliphatic carbocycles. The third-order valence-corrected chi connectivity index (χ3v) is 5.02. The van der Waals surface area contributed by atoms with Crippen LogP contribution in [0.25, 0.3) is 0 Å². The molecule has 0 N–H and O–H groups in total. The lowest BCUT2D eigenvalue weighted by Gasteiger charge is -2.15. The molecule has 1 aromatic heterocycles. The van der Waals surface area contributed by atoms with Gasteiger partial charge in [-0.25, -0.2) is 0 Å². The van der Waals surface area contributed by atoms with Gasteiger partial charge < -0.3 is 9.47 Å². The molecule has 2 aromatic carbocycles. The average Bonchev–Trinajstić information content (AvgIpc) is 3.10. The van der Waals surface area contributed by atoms with Crippen LogP contribution >= 0.6 is 11.8 Å². The lowest BCUT2D eigenvalue weighted by molar-refractivity contribution is 0.210. The number of hydrogen-bond donors (Lipinski definition) is 0. The van der Waals surface area contributed by atoms with Gasteiger partial charge in [-0.1, -0.05) is 48.2 Å². The van der Waals surface area contributed by atoms with Crippen LogP contribution in [0.5, 0.6) is 11.5 Å². The van der Waals surface area contributed by atoms with E-state index in [4.69, 9.17) is 9.47 Å². The van der Waals surface area contributed by atoms with Crippen molar-refractivity contribution in [2.75, 3.05) is 7.11 Å². The summed E-state index contributed by atoms with van der Waals surface area (Å²) >= 11 is 1.63. The van der Waals surface area contributed by atoms with Crippen molar-refractivity contribution >= 4 is 11.8 Å². The summed E-state index contributed by atoms with van der Waals surface area (Å²) < 4.78 is 13.3. The van der Waals surface area contributed by atoms with Gasteiger partial charge in [0, 0.05) is 12.3 Å². The van der Waals surface area contributed by atoms with E-state index < -0.39 is 0 Å². The molecule has 3 aromatic rings. The van der Waals surface area contributed by atoms with E-state index in [9.17, 15) is 0 Å². The molecule has 0 radical (unpaired) electrons. The SMILES string of the molecule is C=CCn1c(SCc2cccc(OC)c2)nnc1C(C)Oc1ccccc1. The Balaban J connectivity index is 1.75. The Kier molecular flexibility index (Phi) is 6.54. The number of rotatable bonds is 9. The van der Waals surface area contributed by atoms with E-state index in [0.29, 0.717) is 6.54 Å². The molecule has 27 heavy (non-hydrogen) atoms. The highest BCUT2D eigenvalue weighted by Crippen LogP contribution is 2.27. The van der Waals surface area contributed by atoms with E-state index in [-0.39, 0.29) is 6.10 Å². The number of aromatic nitrogens is 3. The lowest BCUT2D eigenvalue weighted by Crippen LogP contribution is -2.12. The maximum absolute atomic E-state index is 6.01. The predicted molar refractivity (Wildman–Crippen MR) is 108 cm³/mol. The Hall–Kier alpha value is -2.73. The highest BCUT2D eigenvalue weighted by atomic mass is 32.2. The molecule has 140 valence electrons. The van der Waals surface area contributed by atoms with Gasteiger partial charge in [0.25, 0.3) is 0 Å². The van der Waals surface area contributed by atoms with Gasteiger partial charge >= 0.3 is 0 Å². The number of hydrogen-bond acceptors (Lipinski definition) is 5. The number of thioether (sulfide) groups is 1. The minimum absolute atomic E-state index is 0.217. The minimum Gasteiger partial charge on any atom is -0.497 e. The van der Waals surface area contributed by atoms with Gasteiger partial charge in [-0.3, -0.25) is 4.57 Å². The van der Waals surface area contributed by atoms with Crippen molar-refractivity contribution in [3.63, 3.8) is 0 Å². The summed E-state index contributed by atoms with van der Waals surface area (Å²) in [6.45, 7) is 6.47. The Morgan fingerprint density at radius 2 is 1.89 bits per heavy atom. The monoisotopic (exact) mass is 381 g/mol. The molecule has 5 nitrogen and oxygen atoms in total. The quantitative estimate of drug-likeness (QED) is 0.389. The van der Waals surface area contributed by atoms with Crippen LogP contribution in [0.3, 0.4) is 0 Å². The third kappa shape index (κ3) is 4.92. The summed E-state index contributed by atoms with van der Waals surface area (Å²) in [5, 5.41) is 9.59. The van der Waals surface area contributed by atoms with Crippen LogP contribution in [-0.2, 0) is 12.3 Å². The molecule has 0 fully saturated rings. The van der Waals surface area contributed by atoms with Gasteiger partial charge in [-0.2, -0.15) is 0 Å². The van der Waals surface area contributed by atoms with Crippen LogP contribution in [0.2, 0.25) is 0 Å². The Morgan fingerprint density at radius 3 is 2.63 bits per heavy atom. The summed E-state index contributed by atoms with van der Waals surface area (Å²) in [6.07, 6.45) is 1.63. The van der Waals surface area contributed by atoms with Crippen molar-refractivity contribution in [3.05, 3.63) is 78.6 Å². The first-order valence-electron chi connectivity index (χ1n) is 8.72. The number of para-hydroxylation sites is 1. The molecule has 0 amide bonds. The largest absolute Gasteiger partial charge is 0.497 e. The molecular formula is C21H23N3O2S. The maximum atomic E-state index is 6.01. The van der Waals surface area contributed by atoms with Crippen LogP contribution < -0.4 is 9.47 Å². The highest BCUT2D eigenvalue weighted by Gasteiger charge is 2.19. The maximum Gasteiger partial charge on any atom is 0.191 e. The first-order valence-corrected chi connectivity index (χ1v) is 9.71. The van der Waals surface area contributed by atoms with Crippen molar-refractivity contribution in [2.45, 2.75) is 30.5 Å². The van der Waals surface area contributed by atoms with Crippen molar-refractivity contribution in [1.29, 1.82) is 0 Å². The standard InChI is InChI=1S/C21H23N3O2S/c1-4-13-24-20(16(2)26-18-10-6-5-7-11-18)22-23-21(24)27-15-17-9-8-12-19(14-17)25-3/h4-12,14,16H,1,13,15H2,2-3H3. The predicted octanol–water partition coefficient (Wildman–Crippen LogP) is 4.91. The van der Waals surface area contributed by atoms with Gasteiger partial charge in [0.15, 0.2) is 17.1 Å². The fraction of sp³-hybridized carbons (Fsp3) is 0.238. The number of nitrogens with zero attached hydrogens (tertiary/aromatic N) is 3. The summed E-state index contributed by atoms with van der Waals surface area (Å²) in [5.74, 6) is 3.22. The Bertz CT molecular complexity index is 880. The highest BCUT2D eigenvalue weighted by molar-refractivity contribution is 7.98. The van der Waals surface area contributed by atoms with Crippen molar-refractivity contribution in [2.24, 2.45) is 0 Å². The molecule has 1 heterocycles. The molecule has 1 atom stereocenters. The van der Waals surface area contributed by atoms with E-state index in [1.54, 1.807) is 18.9 Å². The molecule has 0 aliphatic heterocycles. The molecule has 0 spiro atoms. The van der Waals surface area contributed by atoms with Crippen LogP contribution in [0.15, 0.2) is 72.4 Å². The first-order chi connectivity index (χ1) is 13.2. The summed E-state index contributed by atoms with van der Waals surface area (Å²) in [6, 6.07) is 17.8. The van der Waals surface area contributed by atoms with Crippen molar-refractivity contribution in [1.82, 2.24) is 14.8 Å². The van der Waals surface area contributed by atoms with E-state index >= 15 is 0 Å². The second-order valence-electron chi connectivity index (χ2n) is 5.95. The van der Waals surface area contributed by atoms with E-state index in [1.807, 2.05) is 66.1 Å². The smallest absolute Gasteiger partial charge is 0.191 e. The van der Waals surface area contributed by atoms with E-state index in [1.165, 1.54) is 5.56 Å². The summed E-state index contributed by atoms with van der Waals surface area (Å²) in [4.78, 5) is 0. The Morgan fingerprint density at radius 1 is 1.11 bits per heavy atom. The zero-order valence-corrected chi connectivity index (χ0v) is 16.4. The van der Waals surface area contributed by atoms with E-state index in [2.05, 4.69) is 22.8 Å². The average molecular weight is 382 g/mol. The third-order valence-electron chi connectivity index (χ3n) is 3.98. The number of methoxy groups -OCH3 is 1. The summed E-state index contributed by atoms with van der Waals surface area (Å²) in [7, 11) is 1.67. The molecule has 0 saturated heterocycles. The minimum atomic E-state index is -0.217. The molecule has 0 bridgehead atoms. The van der Waals surface area contributed by atoms with Crippen molar-refractivity contribution < 1.29 is 9.47 Å². The second-order valence-corrected chi connectivity index (χ2v) is 6.90. The number of ether oxygens (including phenoxy) is 2. The first kappa shape index (κ1) is 19.0. The molecule has 3 rings (SSSR count). The van der Waals surface area contributed by atoms with Crippen LogP contribution in [0.4, 0.5) is 0 Å².